The van der Waals surface area contributed by atoms with E-state index in [1.165, 1.54) is 5.01 Å². The number of piperidine rings is 1. The van der Waals surface area contributed by atoms with Crippen LogP contribution >= 0.6 is 11.3 Å². The van der Waals surface area contributed by atoms with E-state index in [0.29, 0.717) is 12.5 Å². The molecule has 1 aromatic carbocycles. The smallest absolute Gasteiger partial charge is 0.317 e. The number of nitrogens with zero attached hydrogens (tertiary/aromatic N) is 4. The number of rotatable bonds is 4. The van der Waals surface area contributed by atoms with E-state index in [4.69, 9.17) is 0 Å². The molecule has 26 heavy (non-hydrogen) atoms. The maximum atomic E-state index is 12.4. The zero-order valence-corrected chi connectivity index (χ0v) is 15.7. The van der Waals surface area contributed by atoms with Crippen LogP contribution in [0, 0.1) is 6.92 Å². The minimum absolute atomic E-state index is 0.0321. The van der Waals surface area contributed by atoms with Crippen molar-refractivity contribution in [1.82, 2.24) is 24.8 Å². The molecule has 0 atom stereocenters. The number of para-hydroxylation sites is 2. The molecule has 4 rings (SSSR count). The molecule has 0 unspecified atom stereocenters. The van der Waals surface area contributed by atoms with Crippen LogP contribution in [-0.4, -0.2) is 45.1 Å². The van der Waals surface area contributed by atoms with E-state index in [1.807, 2.05) is 41.6 Å². The lowest BCUT2D eigenvalue weighted by Gasteiger charge is -2.31. The molecule has 1 saturated heterocycles. The van der Waals surface area contributed by atoms with Gasteiger partial charge in [0.2, 0.25) is 0 Å². The van der Waals surface area contributed by atoms with Crippen LogP contribution in [-0.2, 0) is 6.54 Å². The summed E-state index contributed by atoms with van der Waals surface area (Å²) in [6.07, 6.45) is 3.85. The second-order valence-electron chi connectivity index (χ2n) is 6.66. The normalized spacial score (nSPS) is 15.5. The van der Waals surface area contributed by atoms with Crippen LogP contribution in [0.4, 0.5) is 4.79 Å². The van der Waals surface area contributed by atoms with Crippen molar-refractivity contribution in [3.05, 3.63) is 46.7 Å². The number of fused-ring (bicyclic) bond motifs is 1. The topological polar surface area (TPSA) is 63.1 Å². The number of nitrogens with one attached hydrogen (secondary N) is 1. The summed E-state index contributed by atoms with van der Waals surface area (Å²) >= 11 is 1.71. The summed E-state index contributed by atoms with van der Waals surface area (Å²) in [4.78, 5) is 23.3. The predicted molar refractivity (Wildman–Crippen MR) is 104 cm³/mol. The highest BCUT2D eigenvalue weighted by Gasteiger charge is 2.24. The third kappa shape index (κ3) is 3.44. The molecule has 136 valence electrons. The van der Waals surface area contributed by atoms with Gasteiger partial charge in [-0.1, -0.05) is 12.1 Å². The molecule has 3 heterocycles. The Morgan fingerprint density at radius 3 is 2.88 bits per heavy atom. The fourth-order valence-corrected chi connectivity index (χ4v) is 4.44. The maximum Gasteiger partial charge on any atom is 0.317 e. The number of benzene rings is 1. The van der Waals surface area contributed by atoms with Crippen LogP contribution < -0.4 is 5.32 Å². The second kappa shape index (κ2) is 7.45. The number of hydrogen-bond donors (Lipinski definition) is 1. The average Bonchev–Trinajstić information content (AvgIpc) is 3.30. The summed E-state index contributed by atoms with van der Waals surface area (Å²) < 4.78 is 2.16. The van der Waals surface area contributed by atoms with Gasteiger partial charge in [0.1, 0.15) is 5.82 Å². The fourth-order valence-electron chi connectivity index (χ4n) is 3.63. The molecule has 2 amide bonds. The number of aryl methyl sites for hydroxylation is 1. The Hall–Kier alpha value is -2.41. The first kappa shape index (κ1) is 17.0. The second-order valence-corrected chi connectivity index (χ2v) is 7.59. The highest BCUT2D eigenvalue weighted by molar-refractivity contribution is 7.09. The van der Waals surface area contributed by atoms with Crippen LogP contribution in [0.2, 0.25) is 0 Å². The first-order valence-corrected chi connectivity index (χ1v) is 9.94. The van der Waals surface area contributed by atoms with E-state index in [1.54, 1.807) is 11.3 Å². The Morgan fingerprint density at radius 1 is 1.31 bits per heavy atom. The van der Waals surface area contributed by atoms with E-state index in [9.17, 15) is 4.79 Å². The molecule has 2 aromatic heterocycles. The summed E-state index contributed by atoms with van der Waals surface area (Å²) in [6, 6.07) is 8.14. The zero-order chi connectivity index (χ0) is 17.9. The molecule has 1 aliphatic rings. The summed E-state index contributed by atoms with van der Waals surface area (Å²) in [7, 11) is 0. The van der Waals surface area contributed by atoms with E-state index in [2.05, 4.69) is 25.9 Å². The van der Waals surface area contributed by atoms with Gasteiger partial charge >= 0.3 is 6.03 Å². The average molecular weight is 369 g/mol. The number of amides is 2. The van der Waals surface area contributed by atoms with Crippen molar-refractivity contribution in [2.24, 2.45) is 0 Å². The van der Waals surface area contributed by atoms with Gasteiger partial charge in [0.15, 0.2) is 0 Å². The van der Waals surface area contributed by atoms with E-state index in [-0.39, 0.29) is 6.03 Å². The van der Waals surface area contributed by atoms with Crippen molar-refractivity contribution in [3.8, 4) is 0 Å². The fraction of sp³-hybridized carbons (Fsp3) is 0.421. The van der Waals surface area contributed by atoms with Gasteiger partial charge in [0.25, 0.3) is 0 Å². The molecule has 0 bridgehead atoms. The molecule has 1 fully saturated rings. The van der Waals surface area contributed by atoms with Crippen LogP contribution in [0.25, 0.3) is 11.0 Å². The highest BCUT2D eigenvalue weighted by atomic mass is 32.1. The van der Waals surface area contributed by atoms with Crippen LogP contribution in [0.1, 0.15) is 29.6 Å². The van der Waals surface area contributed by atoms with Crippen molar-refractivity contribution in [1.29, 1.82) is 0 Å². The molecule has 0 aliphatic carbocycles. The van der Waals surface area contributed by atoms with Crippen LogP contribution in [0.5, 0.6) is 0 Å². The number of carbonyl (C=O) groups is 1. The number of carbonyl (C=O) groups excluding carboxylic acids is 1. The lowest BCUT2D eigenvalue weighted by atomic mass is 9.98. The summed E-state index contributed by atoms with van der Waals surface area (Å²) in [5.74, 6) is 1.48. The molecule has 3 aromatic rings. The molecular formula is C19H23N5OS. The first-order chi connectivity index (χ1) is 12.7. The van der Waals surface area contributed by atoms with Gasteiger partial charge in [-0.05, 0) is 31.9 Å². The van der Waals surface area contributed by atoms with E-state index < -0.39 is 0 Å². The Balaban J connectivity index is 1.28. The van der Waals surface area contributed by atoms with Crippen LogP contribution in [0.15, 0.2) is 35.8 Å². The number of thiazole rings is 1. The molecule has 0 radical (unpaired) electrons. The lowest BCUT2D eigenvalue weighted by Crippen LogP contribution is -2.44. The van der Waals surface area contributed by atoms with Crippen molar-refractivity contribution >= 4 is 28.4 Å². The quantitative estimate of drug-likeness (QED) is 0.767. The summed E-state index contributed by atoms with van der Waals surface area (Å²) in [5, 5.41) is 6.28. The molecule has 6 nitrogen and oxygen atoms in total. The number of aromatic nitrogens is 3. The zero-order valence-electron chi connectivity index (χ0n) is 14.9. The minimum Gasteiger partial charge on any atom is -0.336 e. The monoisotopic (exact) mass is 369 g/mol. The molecule has 0 saturated carbocycles. The van der Waals surface area contributed by atoms with Gasteiger partial charge in [-0.2, -0.15) is 0 Å². The molecule has 1 N–H and O–H groups in total. The number of imidazole rings is 1. The highest BCUT2D eigenvalue weighted by Crippen LogP contribution is 2.29. The lowest BCUT2D eigenvalue weighted by molar-refractivity contribution is 0.181. The first-order valence-electron chi connectivity index (χ1n) is 9.06. The molecule has 7 heteroatoms. The Bertz CT molecular complexity index is 881. The van der Waals surface area contributed by atoms with E-state index in [0.717, 1.165) is 49.3 Å². The predicted octanol–water partition coefficient (Wildman–Crippen LogP) is 3.39. The van der Waals surface area contributed by atoms with Crippen molar-refractivity contribution in [2.45, 2.75) is 32.2 Å². The SMILES string of the molecule is Cc1nc2ccccc2n1CCNC(=O)N1CCC(c2nccs2)CC1. The largest absolute Gasteiger partial charge is 0.336 e. The molecule has 0 spiro atoms. The van der Waals surface area contributed by atoms with Gasteiger partial charge < -0.3 is 14.8 Å². The summed E-state index contributed by atoms with van der Waals surface area (Å²) in [6.45, 7) is 4.93. The van der Waals surface area contributed by atoms with Crippen molar-refractivity contribution in [3.63, 3.8) is 0 Å². The molecular weight excluding hydrogens is 346 g/mol. The number of likely N-dealkylation sites (tertiary alicyclic amines) is 1. The third-order valence-electron chi connectivity index (χ3n) is 5.04. The van der Waals surface area contributed by atoms with Crippen molar-refractivity contribution < 1.29 is 4.79 Å². The van der Waals surface area contributed by atoms with Gasteiger partial charge in [-0.25, -0.2) is 14.8 Å². The van der Waals surface area contributed by atoms with Gasteiger partial charge in [0.05, 0.1) is 16.0 Å². The summed E-state index contributed by atoms with van der Waals surface area (Å²) in [5.41, 5.74) is 2.11. The molecule has 1 aliphatic heterocycles. The third-order valence-corrected chi connectivity index (χ3v) is 5.98. The van der Waals surface area contributed by atoms with Crippen molar-refractivity contribution in [2.75, 3.05) is 19.6 Å². The Labute approximate surface area is 156 Å². The van der Waals surface area contributed by atoms with E-state index >= 15 is 0 Å². The van der Waals surface area contributed by atoms with Gasteiger partial charge in [-0.3, -0.25) is 0 Å². The van der Waals surface area contributed by atoms with Gasteiger partial charge in [-0.15, -0.1) is 11.3 Å². The van der Waals surface area contributed by atoms with Crippen LogP contribution in [0.3, 0.4) is 0 Å². The minimum atomic E-state index is 0.0321. The maximum absolute atomic E-state index is 12.4. The number of hydrogen-bond acceptors (Lipinski definition) is 4. The van der Waals surface area contributed by atoms with Gasteiger partial charge in [0, 0.05) is 43.7 Å². The number of urea groups is 1. The Kier molecular flexibility index (Phi) is 4.88. The standard InChI is InChI=1S/C19H23N5OS/c1-14-22-16-4-2-3-5-17(16)24(14)12-8-21-19(25)23-10-6-15(7-11-23)18-20-9-13-26-18/h2-5,9,13,15H,6-8,10-12H2,1H3,(H,21,25). The Morgan fingerprint density at radius 2 is 2.12 bits per heavy atom.